The molecule has 2 heteroatoms. The van der Waals surface area contributed by atoms with E-state index in [2.05, 4.69) is 48.5 Å². The zero-order chi connectivity index (χ0) is 17.7. The number of methoxy groups -OCH3 is 1. The van der Waals surface area contributed by atoms with E-state index in [1.165, 1.54) is 38.6 Å². The monoisotopic (exact) mass is 338 g/mol. The Kier molecular flexibility index (Phi) is 3.26. The van der Waals surface area contributed by atoms with Gasteiger partial charge in [0, 0.05) is 5.92 Å². The highest BCUT2D eigenvalue weighted by Gasteiger charge is 2.31. The van der Waals surface area contributed by atoms with E-state index in [1.54, 1.807) is 19.2 Å². The van der Waals surface area contributed by atoms with Crippen LogP contribution in [0.2, 0.25) is 0 Å². The summed E-state index contributed by atoms with van der Waals surface area (Å²) >= 11 is 0. The number of benzene rings is 4. The number of phenols is 1. The minimum atomic E-state index is 0.166. The van der Waals surface area contributed by atoms with Gasteiger partial charge < -0.3 is 9.84 Å². The van der Waals surface area contributed by atoms with E-state index in [9.17, 15) is 5.11 Å². The molecule has 2 nitrogen and oxygen atoms in total. The van der Waals surface area contributed by atoms with E-state index in [0.717, 1.165) is 5.75 Å². The predicted octanol–water partition coefficient (Wildman–Crippen LogP) is 5.71. The van der Waals surface area contributed by atoms with Crippen LogP contribution in [-0.4, -0.2) is 12.2 Å². The fraction of sp³-hybridized carbons (Fsp3) is 0.0833. The summed E-state index contributed by atoms with van der Waals surface area (Å²) in [5.74, 6) is 1.33. The molecular formula is C24H18O2. The molecule has 1 aliphatic carbocycles. The Morgan fingerprint density at radius 2 is 1.62 bits per heavy atom. The molecule has 0 spiro atoms. The first-order valence-electron chi connectivity index (χ1n) is 8.75. The maximum atomic E-state index is 9.71. The van der Waals surface area contributed by atoms with Gasteiger partial charge in [0.05, 0.1) is 7.11 Å². The van der Waals surface area contributed by atoms with Gasteiger partial charge in [-0.15, -0.1) is 0 Å². The Morgan fingerprint density at radius 1 is 0.808 bits per heavy atom. The van der Waals surface area contributed by atoms with Crippen molar-refractivity contribution in [2.24, 2.45) is 0 Å². The highest BCUT2D eigenvalue weighted by atomic mass is 16.5. The van der Waals surface area contributed by atoms with Crippen molar-refractivity contribution >= 4 is 10.8 Å². The molecule has 1 aliphatic rings. The van der Waals surface area contributed by atoms with E-state index >= 15 is 0 Å². The molecule has 0 saturated carbocycles. The number of fused-ring (bicyclic) bond motifs is 5. The standard InChI is InChI=1S/C24H18O2/c1-26-18-11-13-19-16(14-18)8-12-22-20-4-2-3-5-21(20)23(24(19)22)15-6-9-17(25)10-7-15/h2-14,23,25H,1H3. The third-order valence-corrected chi connectivity index (χ3v) is 5.35. The van der Waals surface area contributed by atoms with Gasteiger partial charge in [-0.3, -0.25) is 0 Å². The topological polar surface area (TPSA) is 29.5 Å². The van der Waals surface area contributed by atoms with Crippen LogP contribution >= 0.6 is 0 Å². The summed E-state index contributed by atoms with van der Waals surface area (Å²) < 4.78 is 5.40. The first-order chi connectivity index (χ1) is 12.8. The minimum Gasteiger partial charge on any atom is -0.508 e. The van der Waals surface area contributed by atoms with Crippen LogP contribution in [0.25, 0.3) is 21.9 Å². The van der Waals surface area contributed by atoms with Crippen LogP contribution in [0.5, 0.6) is 11.5 Å². The van der Waals surface area contributed by atoms with Crippen LogP contribution in [0.3, 0.4) is 0 Å². The van der Waals surface area contributed by atoms with Gasteiger partial charge in [-0.2, -0.15) is 0 Å². The van der Waals surface area contributed by atoms with Gasteiger partial charge in [0.2, 0.25) is 0 Å². The van der Waals surface area contributed by atoms with E-state index in [0.29, 0.717) is 5.75 Å². The smallest absolute Gasteiger partial charge is 0.119 e. The Balaban J connectivity index is 1.83. The molecule has 4 aromatic carbocycles. The first-order valence-corrected chi connectivity index (χ1v) is 8.75. The molecule has 126 valence electrons. The van der Waals surface area contributed by atoms with Crippen molar-refractivity contribution in [1.82, 2.24) is 0 Å². The van der Waals surface area contributed by atoms with Gasteiger partial charge in [0.1, 0.15) is 11.5 Å². The predicted molar refractivity (Wildman–Crippen MR) is 105 cm³/mol. The number of phenolic OH excluding ortho intramolecular Hbond substituents is 1. The number of ether oxygens (including phenoxy) is 1. The van der Waals surface area contributed by atoms with Gasteiger partial charge in [0.15, 0.2) is 0 Å². The fourth-order valence-electron chi connectivity index (χ4n) is 4.17. The Hall–Kier alpha value is -3.26. The Morgan fingerprint density at radius 3 is 2.42 bits per heavy atom. The molecule has 0 radical (unpaired) electrons. The normalized spacial score (nSPS) is 14.9. The molecule has 1 unspecified atom stereocenters. The van der Waals surface area contributed by atoms with Crippen molar-refractivity contribution in [3.8, 4) is 22.6 Å². The second-order valence-corrected chi connectivity index (χ2v) is 6.73. The maximum Gasteiger partial charge on any atom is 0.119 e. The second kappa shape index (κ2) is 5.63. The summed E-state index contributed by atoms with van der Waals surface area (Å²) in [7, 11) is 1.70. The molecule has 0 amide bonds. The highest BCUT2D eigenvalue weighted by Crippen LogP contribution is 2.50. The van der Waals surface area contributed by atoms with Gasteiger partial charge >= 0.3 is 0 Å². The van der Waals surface area contributed by atoms with Crippen LogP contribution in [-0.2, 0) is 0 Å². The number of aromatic hydroxyl groups is 1. The molecule has 4 aromatic rings. The van der Waals surface area contributed by atoms with Crippen molar-refractivity contribution in [2.75, 3.05) is 7.11 Å². The number of rotatable bonds is 2. The van der Waals surface area contributed by atoms with Gasteiger partial charge in [-0.05, 0) is 62.9 Å². The van der Waals surface area contributed by atoms with Crippen LogP contribution in [0.4, 0.5) is 0 Å². The lowest BCUT2D eigenvalue weighted by Gasteiger charge is -2.17. The zero-order valence-electron chi connectivity index (χ0n) is 14.4. The van der Waals surface area contributed by atoms with Gasteiger partial charge in [-0.25, -0.2) is 0 Å². The first kappa shape index (κ1) is 15.0. The van der Waals surface area contributed by atoms with E-state index < -0.39 is 0 Å². The molecule has 0 heterocycles. The fourth-order valence-corrected chi connectivity index (χ4v) is 4.17. The lowest BCUT2D eigenvalue weighted by atomic mass is 9.86. The Bertz CT molecular complexity index is 1130. The van der Waals surface area contributed by atoms with Crippen LogP contribution in [0.15, 0.2) is 78.9 Å². The van der Waals surface area contributed by atoms with Crippen molar-refractivity contribution < 1.29 is 9.84 Å². The zero-order valence-corrected chi connectivity index (χ0v) is 14.4. The van der Waals surface area contributed by atoms with Crippen LogP contribution in [0.1, 0.15) is 22.6 Å². The van der Waals surface area contributed by atoms with E-state index in [1.807, 2.05) is 18.2 Å². The summed E-state index contributed by atoms with van der Waals surface area (Å²) in [4.78, 5) is 0. The molecule has 1 atom stereocenters. The minimum absolute atomic E-state index is 0.166. The Labute approximate surface area is 152 Å². The van der Waals surface area contributed by atoms with Crippen LogP contribution in [0, 0.1) is 0 Å². The van der Waals surface area contributed by atoms with Crippen molar-refractivity contribution in [1.29, 1.82) is 0 Å². The van der Waals surface area contributed by atoms with Crippen LogP contribution < -0.4 is 4.74 Å². The summed E-state index contributed by atoms with van der Waals surface area (Å²) in [5, 5.41) is 12.1. The summed E-state index contributed by atoms with van der Waals surface area (Å²) in [6.45, 7) is 0. The molecule has 26 heavy (non-hydrogen) atoms. The molecule has 0 bridgehead atoms. The SMILES string of the molecule is COc1ccc2c3c(ccc2c1)-c1ccccc1C3c1ccc(O)cc1. The summed E-state index contributed by atoms with van der Waals surface area (Å²) in [6.07, 6.45) is 0. The molecule has 5 rings (SSSR count). The van der Waals surface area contributed by atoms with E-state index in [-0.39, 0.29) is 5.92 Å². The average molecular weight is 338 g/mol. The van der Waals surface area contributed by atoms with Crippen molar-refractivity contribution in [2.45, 2.75) is 5.92 Å². The molecule has 1 N–H and O–H groups in total. The maximum absolute atomic E-state index is 9.71. The lowest BCUT2D eigenvalue weighted by molar-refractivity contribution is 0.415. The lowest BCUT2D eigenvalue weighted by Crippen LogP contribution is -2.00. The third-order valence-electron chi connectivity index (χ3n) is 5.35. The molecule has 0 saturated heterocycles. The molecule has 0 aliphatic heterocycles. The van der Waals surface area contributed by atoms with Gasteiger partial charge in [0.25, 0.3) is 0 Å². The summed E-state index contributed by atoms with van der Waals surface area (Å²) in [6, 6.07) is 26.9. The summed E-state index contributed by atoms with van der Waals surface area (Å²) in [5.41, 5.74) is 6.42. The highest BCUT2D eigenvalue weighted by molar-refractivity contribution is 5.97. The van der Waals surface area contributed by atoms with Crippen molar-refractivity contribution in [3.63, 3.8) is 0 Å². The second-order valence-electron chi connectivity index (χ2n) is 6.73. The third kappa shape index (κ3) is 2.12. The number of hydrogen-bond acceptors (Lipinski definition) is 2. The molecule has 0 aromatic heterocycles. The molecule has 0 fully saturated rings. The quantitative estimate of drug-likeness (QED) is 0.446. The van der Waals surface area contributed by atoms with E-state index in [4.69, 9.17) is 4.74 Å². The average Bonchev–Trinajstić information content (AvgIpc) is 3.03. The largest absolute Gasteiger partial charge is 0.508 e. The van der Waals surface area contributed by atoms with Crippen molar-refractivity contribution in [3.05, 3.63) is 95.6 Å². The van der Waals surface area contributed by atoms with Gasteiger partial charge in [-0.1, -0.05) is 54.6 Å². The number of hydrogen-bond donors (Lipinski definition) is 1. The molecular weight excluding hydrogens is 320 g/mol.